The van der Waals surface area contributed by atoms with Crippen LogP contribution in [-0.4, -0.2) is 64.7 Å². The van der Waals surface area contributed by atoms with Gasteiger partial charge < -0.3 is 71.5 Å². The molecule has 0 atom stereocenters. The number of rotatable bonds is 13. The van der Waals surface area contributed by atoms with Crippen LogP contribution in [0.4, 0.5) is 0 Å². The minimum atomic E-state index is 0. The minimum Gasteiger partial charge on any atom is -1.00 e. The summed E-state index contributed by atoms with van der Waals surface area (Å²) in [5.41, 5.74) is 4.35. The molecule has 4 rings (SSSR count). The first-order chi connectivity index (χ1) is 16.8. The van der Waals surface area contributed by atoms with Crippen molar-refractivity contribution in [3.05, 3.63) is 120 Å². The van der Waals surface area contributed by atoms with Gasteiger partial charge in [0.1, 0.15) is 0 Å². The van der Waals surface area contributed by atoms with Gasteiger partial charge in [-0.15, -0.1) is 0 Å². The van der Waals surface area contributed by atoms with E-state index in [2.05, 4.69) is 54.0 Å². The van der Waals surface area contributed by atoms with E-state index in [0.717, 1.165) is 74.9 Å². The van der Waals surface area contributed by atoms with Gasteiger partial charge in [-0.2, -0.15) is 0 Å². The molecule has 4 heterocycles. The van der Waals surface area contributed by atoms with Gasteiger partial charge in [-0.25, -0.2) is 0 Å². The maximum atomic E-state index is 4.53. The summed E-state index contributed by atoms with van der Waals surface area (Å²) in [6.07, 6.45) is 9.65. The predicted molar refractivity (Wildman–Crippen MR) is 149 cm³/mol. The molecule has 10 nitrogen and oxygen atoms in total. The van der Waals surface area contributed by atoms with Crippen molar-refractivity contribution in [2.45, 2.75) is 39.0 Å². The standard InChI is InChI=1S/C28H32N6.4ClH.2Cu.4H2O/c1-5-15-29-25(11-1)21-33(22-26-12-2-6-16-30-26)19-9-10-20-34(23-27-13-3-7-17-31-27)24-28-14-4-8-18-32-28;;;;;;;;;;/h1-8,11-18H,9-10,19-24H2;4*1H;;;4*1H2/q;;;;;2*+2;;;;/p-4. The van der Waals surface area contributed by atoms with E-state index in [-0.39, 0.29) is 106 Å². The molecule has 0 aromatic carbocycles. The zero-order chi connectivity index (χ0) is 23.3. The van der Waals surface area contributed by atoms with Crippen LogP contribution in [0.3, 0.4) is 0 Å². The van der Waals surface area contributed by atoms with Crippen molar-refractivity contribution in [2.24, 2.45) is 0 Å². The summed E-state index contributed by atoms with van der Waals surface area (Å²) in [5.74, 6) is 0. The summed E-state index contributed by atoms with van der Waals surface area (Å²) in [4.78, 5) is 23.0. The fourth-order valence-corrected chi connectivity index (χ4v) is 3.98. The zero-order valence-corrected chi connectivity index (χ0v) is 28.6. The third-order valence-electron chi connectivity index (χ3n) is 5.65. The molecule has 2 radical (unpaired) electrons. The Morgan fingerprint density at radius 3 is 0.795 bits per heavy atom. The maximum absolute atomic E-state index is 4.53. The quantitative estimate of drug-likeness (QED) is 0.0957. The molecule has 0 fully saturated rings. The smallest absolute Gasteiger partial charge is 1.00 e. The molecule has 0 aliphatic heterocycles. The molecule has 256 valence electrons. The average molecular weight is 794 g/mol. The number of halogens is 4. The first-order valence-corrected chi connectivity index (χ1v) is 11.9. The summed E-state index contributed by atoms with van der Waals surface area (Å²) in [7, 11) is 0. The third-order valence-corrected chi connectivity index (χ3v) is 5.65. The van der Waals surface area contributed by atoms with E-state index in [1.807, 2.05) is 73.3 Å². The van der Waals surface area contributed by atoms with Gasteiger partial charge in [-0.05, 0) is 74.5 Å². The largest absolute Gasteiger partial charge is 2.00 e. The Bertz CT molecular complexity index is 938. The molecule has 0 saturated carbocycles. The van der Waals surface area contributed by atoms with Crippen LogP contribution in [0.2, 0.25) is 0 Å². The number of hydrogen-bond donors (Lipinski definition) is 0. The number of unbranched alkanes of at least 4 members (excludes halogenated alkanes) is 1. The molecule has 16 heteroatoms. The summed E-state index contributed by atoms with van der Waals surface area (Å²) in [6, 6.07) is 24.4. The maximum Gasteiger partial charge on any atom is 2.00 e. The van der Waals surface area contributed by atoms with Gasteiger partial charge in [0.2, 0.25) is 0 Å². The van der Waals surface area contributed by atoms with E-state index < -0.39 is 0 Å². The Kier molecular flexibility index (Phi) is 45.5. The van der Waals surface area contributed by atoms with Crippen LogP contribution in [0.25, 0.3) is 0 Å². The van der Waals surface area contributed by atoms with E-state index in [4.69, 9.17) is 0 Å². The fourth-order valence-electron chi connectivity index (χ4n) is 3.98. The van der Waals surface area contributed by atoms with Crippen LogP contribution in [0.5, 0.6) is 0 Å². The topological polar surface area (TPSA) is 184 Å². The predicted octanol–water partition coefficient (Wildman–Crippen LogP) is -10.5. The van der Waals surface area contributed by atoms with E-state index in [1.54, 1.807) is 0 Å². The number of pyridine rings is 4. The van der Waals surface area contributed by atoms with Crippen molar-refractivity contribution in [1.29, 1.82) is 0 Å². The van der Waals surface area contributed by atoms with Crippen LogP contribution in [0.15, 0.2) is 97.6 Å². The molecule has 8 N–H and O–H groups in total. The van der Waals surface area contributed by atoms with E-state index >= 15 is 0 Å². The molecular weight excluding hydrogens is 753 g/mol. The summed E-state index contributed by atoms with van der Waals surface area (Å²) in [6.45, 7) is 5.28. The van der Waals surface area contributed by atoms with Gasteiger partial charge >= 0.3 is 34.1 Å². The van der Waals surface area contributed by atoms with Gasteiger partial charge in [0.15, 0.2) is 0 Å². The molecule has 0 amide bonds. The van der Waals surface area contributed by atoms with Crippen molar-refractivity contribution in [3.63, 3.8) is 0 Å². The SMILES string of the molecule is O.O.O.O.[Cl-].[Cl-].[Cl-].[Cl-].[Cu+2].[Cu+2].c1ccc(CN(CCCCN(Cc2ccccn2)Cc2ccccn2)Cc2ccccn2)nc1. The van der Waals surface area contributed by atoms with Crippen LogP contribution in [0.1, 0.15) is 35.6 Å². The van der Waals surface area contributed by atoms with Crippen LogP contribution >= 0.6 is 0 Å². The third kappa shape index (κ3) is 22.1. The Morgan fingerprint density at radius 1 is 0.386 bits per heavy atom. The normalized spacial score (nSPS) is 8.68. The second-order valence-corrected chi connectivity index (χ2v) is 8.41. The Balaban J connectivity index is -0.000000274. The summed E-state index contributed by atoms with van der Waals surface area (Å²) in [5, 5.41) is 0. The first-order valence-electron chi connectivity index (χ1n) is 11.9. The Labute approximate surface area is 306 Å². The molecule has 0 saturated heterocycles. The number of nitrogens with zero attached hydrogens (tertiary/aromatic N) is 6. The number of aromatic nitrogens is 4. The fraction of sp³-hybridized carbons (Fsp3) is 0.286. The second kappa shape index (κ2) is 34.4. The van der Waals surface area contributed by atoms with Gasteiger partial charge in [0.25, 0.3) is 0 Å². The first kappa shape index (κ1) is 58.1. The molecule has 0 aliphatic rings. The van der Waals surface area contributed by atoms with E-state index in [1.165, 1.54) is 0 Å². The van der Waals surface area contributed by atoms with Crippen molar-refractivity contribution in [1.82, 2.24) is 29.7 Å². The van der Waals surface area contributed by atoms with Crippen molar-refractivity contribution in [2.75, 3.05) is 13.1 Å². The van der Waals surface area contributed by atoms with Crippen LogP contribution in [-0.2, 0) is 60.3 Å². The average Bonchev–Trinajstić information content (AvgIpc) is 2.89. The summed E-state index contributed by atoms with van der Waals surface area (Å²) < 4.78 is 0. The molecule has 0 spiro atoms. The van der Waals surface area contributed by atoms with Crippen molar-refractivity contribution in [3.8, 4) is 0 Å². The molecule has 4 aromatic rings. The van der Waals surface area contributed by atoms with E-state index in [0.29, 0.717) is 0 Å². The molecule has 0 aliphatic carbocycles. The molecule has 0 unspecified atom stereocenters. The number of hydrogen-bond acceptors (Lipinski definition) is 6. The summed E-state index contributed by atoms with van der Waals surface area (Å²) >= 11 is 0. The molecule has 44 heavy (non-hydrogen) atoms. The monoisotopic (exact) mass is 790 g/mol. The Morgan fingerprint density at radius 2 is 0.614 bits per heavy atom. The van der Waals surface area contributed by atoms with Gasteiger partial charge in [0, 0.05) is 51.0 Å². The van der Waals surface area contributed by atoms with Gasteiger partial charge in [-0.1, -0.05) is 24.3 Å². The van der Waals surface area contributed by atoms with Crippen molar-refractivity contribution < 1.29 is 106 Å². The van der Waals surface area contributed by atoms with Crippen molar-refractivity contribution >= 4 is 0 Å². The molecule has 0 bridgehead atoms. The van der Waals surface area contributed by atoms with Gasteiger partial charge in [-0.3, -0.25) is 29.7 Å². The van der Waals surface area contributed by atoms with Gasteiger partial charge in [0.05, 0.1) is 22.8 Å². The minimum absolute atomic E-state index is 0. The molecular formula is C28H40Cl4Cu2N6O4. The van der Waals surface area contributed by atoms with Crippen LogP contribution < -0.4 is 49.6 Å². The zero-order valence-electron chi connectivity index (χ0n) is 23.7. The molecule has 4 aromatic heterocycles. The Hall–Kier alpha value is -1.44. The van der Waals surface area contributed by atoms with Crippen LogP contribution in [0, 0.1) is 0 Å². The second-order valence-electron chi connectivity index (χ2n) is 8.41. The van der Waals surface area contributed by atoms with E-state index in [9.17, 15) is 0 Å².